The van der Waals surface area contributed by atoms with Gasteiger partial charge in [-0.05, 0) is 42.8 Å². The van der Waals surface area contributed by atoms with Crippen LogP contribution in [0, 0.1) is 12.7 Å². The van der Waals surface area contributed by atoms with E-state index >= 15 is 0 Å². The molecular weight excluding hydrogens is 261 g/mol. The van der Waals surface area contributed by atoms with Crippen LogP contribution < -0.4 is 10.5 Å². The van der Waals surface area contributed by atoms with Crippen molar-refractivity contribution in [2.24, 2.45) is 0 Å². The average molecular weight is 277 g/mol. The molecular formula is C15H16FNOS. The summed E-state index contributed by atoms with van der Waals surface area (Å²) in [5.41, 5.74) is 7.10. The fourth-order valence-corrected chi connectivity index (χ4v) is 2.40. The summed E-state index contributed by atoms with van der Waals surface area (Å²) < 4.78 is 19.1. The second-order valence-corrected chi connectivity index (χ2v) is 5.34. The Morgan fingerprint density at radius 3 is 2.79 bits per heavy atom. The SMILES string of the molecule is Cc1cccc(OCCSc2ccc(N)cc2F)c1. The van der Waals surface area contributed by atoms with Gasteiger partial charge in [0.2, 0.25) is 0 Å². The van der Waals surface area contributed by atoms with Gasteiger partial charge in [0.15, 0.2) is 0 Å². The fraction of sp³-hybridized carbons (Fsp3) is 0.200. The Bertz CT molecular complexity index is 560. The van der Waals surface area contributed by atoms with Crippen molar-refractivity contribution in [3.63, 3.8) is 0 Å². The van der Waals surface area contributed by atoms with Crippen LogP contribution in [0.25, 0.3) is 0 Å². The van der Waals surface area contributed by atoms with Gasteiger partial charge in [-0.15, -0.1) is 11.8 Å². The Hall–Kier alpha value is -1.68. The number of halogens is 1. The van der Waals surface area contributed by atoms with Crippen LogP contribution in [0.5, 0.6) is 5.75 Å². The molecule has 0 radical (unpaired) electrons. The molecule has 0 aliphatic heterocycles. The molecule has 0 saturated heterocycles. The lowest BCUT2D eigenvalue weighted by molar-refractivity contribution is 0.343. The van der Waals surface area contributed by atoms with E-state index in [0.717, 1.165) is 11.3 Å². The number of rotatable bonds is 5. The molecule has 2 nitrogen and oxygen atoms in total. The Morgan fingerprint density at radius 2 is 2.05 bits per heavy atom. The zero-order valence-corrected chi connectivity index (χ0v) is 11.5. The van der Waals surface area contributed by atoms with Gasteiger partial charge in [0.05, 0.1) is 6.61 Å². The molecule has 0 fully saturated rings. The van der Waals surface area contributed by atoms with Gasteiger partial charge in [-0.25, -0.2) is 4.39 Å². The van der Waals surface area contributed by atoms with E-state index in [9.17, 15) is 4.39 Å². The first-order chi connectivity index (χ1) is 9.15. The van der Waals surface area contributed by atoms with Gasteiger partial charge in [0.1, 0.15) is 11.6 Å². The van der Waals surface area contributed by atoms with E-state index in [1.54, 1.807) is 12.1 Å². The van der Waals surface area contributed by atoms with Crippen molar-refractivity contribution in [3.05, 3.63) is 53.8 Å². The maximum Gasteiger partial charge on any atom is 0.138 e. The van der Waals surface area contributed by atoms with Gasteiger partial charge < -0.3 is 10.5 Å². The number of nitrogen functional groups attached to an aromatic ring is 1. The molecule has 19 heavy (non-hydrogen) atoms. The van der Waals surface area contributed by atoms with Gasteiger partial charge >= 0.3 is 0 Å². The molecule has 0 atom stereocenters. The van der Waals surface area contributed by atoms with E-state index < -0.39 is 0 Å². The molecule has 0 aliphatic carbocycles. The summed E-state index contributed by atoms with van der Waals surface area (Å²) in [5, 5.41) is 0. The molecule has 0 aliphatic rings. The summed E-state index contributed by atoms with van der Waals surface area (Å²) >= 11 is 1.42. The Labute approximate surface area is 116 Å². The summed E-state index contributed by atoms with van der Waals surface area (Å²) in [6.07, 6.45) is 0. The minimum Gasteiger partial charge on any atom is -0.493 e. The minimum absolute atomic E-state index is 0.277. The summed E-state index contributed by atoms with van der Waals surface area (Å²) in [6.45, 7) is 2.56. The number of thioether (sulfide) groups is 1. The quantitative estimate of drug-likeness (QED) is 0.511. The molecule has 0 heterocycles. The summed E-state index contributed by atoms with van der Waals surface area (Å²) in [6, 6.07) is 12.6. The number of nitrogens with two attached hydrogens (primary N) is 1. The Kier molecular flexibility index (Phi) is 4.68. The van der Waals surface area contributed by atoms with Crippen LogP contribution in [0.15, 0.2) is 47.4 Å². The molecule has 0 spiro atoms. The van der Waals surface area contributed by atoms with Crippen molar-refractivity contribution in [2.45, 2.75) is 11.8 Å². The molecule has 100 valence electrons. The summed E-state index contributed by atoms with van der Waals surface area (Å²) in [5.74, 6) is 1.26. The van der Waals surface area contributed by atoms with Crippen molar-refractivity contribution in [2.75, 3.05) is 18.1 Å². The number of aryl methyl sites for hydroxylation is 1. The zero-order valence-electron chi connectivity index (χ0n) is 10.7. The standard InChI is InChI=1S/C15H16FNOS/c1-11-3-2-4-13(9-11)18-7-8-19-15-6-5-12(17)10-14(15)16/h2-6,9-10H,7-8,17H2,1H3. The van der Waals surface area contributed by atoms with Crippen LogP contribution in [0.2, 0.25) is 0 Å². The highest BCUT2D eigenvalue weighted by molar-refractivity contribution is 7.99. The summed E-state index contributed by atoms with van der Waals surface area (Å²) in [4.78, 5) is 0.599. The van der Waals surface area contributed by atoms with E-state index in [1.807, 2.05) is 31.2 Å². The smallest absolute Gasteiger partial charge is 0.138 e. The highest BCUT2D eigenvalue weighted by atomic mass is 32.2. The van der Waals surface area contributed by atoms with E-state index in [1.165, 1.54) is 17.8 Å². The summed E-state index contributed by atoms with van der Waals surface area (Å²) in [7, 11) is 0. The lowest BCUT2D eigenvalue weighted by atomic mass is 10.2. The van der Waals surface area contributed by atoms with Crippen molar-refractivity contribution in [1.82, 2.24) is 0 Å². The third-order valence-electron chi connectivity index (χ3n) is 2.56. The first kappa shape index (κ1) is 13.7. The van der Waals surface area contributed by atoms with Crippen LogP contribution in [0.1, 0.15) is 5.56 Å². The third kappa shape index (κ3) is 4.17. The fourth-order valence-electron chi connectivity index (χ4n) is 1.65. The number of anilines is 1. The molecule has 4 heteroatoms. The second kappa shape index (κ2) is 6.48. The average Bonchev–Trinajstić information content (AvgIpc) is 2.37. The van der Waals surface area contributed by atoms with Crippen LogP contribution in [0.3, 0.4) is 0 Å². The van der Waals surface area contributed by atoms with E-state index in [2.05, 4.69) is 0 Å². The molecule has 0 bridgehead atoms. The van der Waals surface area contributed by atoms with Gasteiger partial charge in [0.25, 0.3) is 0 Å². The van der Waals surface area contributed by atoms with E-state index in [4.69, 9.17) is 10.5 Å². The molecule has 2 aromatic carbocycles. The lowest BCUT2D eigenvalue weighted by Crippen LogP contribution is -2.00. The number of ether oxygens (including phenoxy) is 1. The van der Waals surface area contributed by atoms with Crippen molar-refractivity contribution >= 4 is 17.4 Å². The van der Waals surface area contributed by atoms with Crippen molar-refractivity contribution in [3.8, 4) is 5.75 Å². The number of hydrogen-bond acceptors (Lipinski definition) is 3. The predicted octanol–water partition coefficient (Wildman–Crippen LogP) is 3.89. The Balaban J connectivity index is 1.81. The molecule has 2 N–H and O–H groups in total. The number of benzene rings is 2. The third-order valence-corrected chi connectivity index (χ3v) is 3.57. The largest absolute Gasteiger partial charge is 0.493 e. The molecule has 0 unspecified atom stereocenters. The van der Waals surface area contributed by atoms with Crippen LogP contribution >= 0.6 is 11.8 Å². The monoisotopic (exact) mass is 277 g/mol. The van der Waals surface area contributed by atoms with Gasteiger partial charge in [0, 0.05) is 16.3 Å². The Morgan fingerprint density at radius 1 is 1.21 bits per heavy atom. The van der Waals surface area contributed by atoms with Gasteiger partial charge in [-0.3, -0.25) is 0 Å². The number of hydrogen-bond donors (Lipinski definition) is 1. The molecule has 0 aromatic heterocycles. The minimum atomic E-state index is -0.277. The van der Waals surface area contributed by atoms with Gasteiger partial charge in [-0.2, -0.15) is 0 Å². The lowest BCUT2D eigenvalue weighted by Gasteiger charge is -2.07. The predicted molar refractivity (Wildman–Crippen MR) is 78.2 cm³/mol. The second-order valence-electron chi connectivity index (χ2n) is 4.20. The highest BCUT2D eigenvalue weighted by Crippen LogP contribution is 2.23. The van der Waals surface area contributed by atoms with Crippen LogP contribution in [-0.4, -0.2) is 12.4 Å². The zero-order chi connectivity index (χ0) is 13.7. The molecule has 2 aromatic rings. The van der Waals surface area contributed by atoms with Crippen LogP contribution in [0.4, 0.5) is 10.1 Å². The topological polar surface area (TPSA) is 35.2 Å². The van der Waals surface area contributed by atoms with Crippen LogP contribution in [-0.2, 0) is 0 Å². The van der Waals surface area contributed by atoms with Gasteiger partial charge in [-0.1, -0.05) is 12.1 Å². The van der Waals surface area contributed by atoms with Crippen molar-refractivity contribution < 1.29 is 9.13 Å². The molecule has 0 amide bonds. The van der Waals surface area contributed by atoms with Crippen molar-refractivity contribution in [1.29, 1.82) is 0 Å². The van der Waals surface area contributed by atoms with E-state index in [0.29, 0.717) is 22.9 Å². The molecule has 0 saturated carbocycles. The first-order valence-corrected chi connectivity index (χ1v) is 7.01. The molecule has 2 rings (SSSR count). The first-order valence-electron chi connectivity index (χ1n) is 6.02. The maximum absolute atomic E-state index is 13.5. The highest BCUT2D eigenvalue weighted by Gasteiger charge is 2.03. The van der Waals surface area contributed by atoms with E-state index in [-0.39, 0.29) is 5.82 Å². The normalized spacial score (nSPS) is 10.4. The maximum atomic E-state index is 13.5.